The van der Waals surface area contributed by atoms with E-state index in [2.05, 4.69) is 15.5 Å². The maximum Gasteiger partial charge on any atom is 0.238 e. The van der Waals surface area contributed by atoms with Crippen LogP contribution in [0.5, 0.6) is 0 Å². The second kappa shape index (κ2) is 7.27. The van der Waals surface area contributed by atoms with E-state index >= 15 is 0 Å². The summed E-state index contributed by atoms with van der Waals surface area (Å²) in [7, 11) is -3.83. The quantitative estimate of drug-likeness (QED) is 0.528. The van der Waals surface area contributed by atoms with E-state index in [9.17, 15) is 8.42 Å². The second-order valence-corrected chi connectivity index (χ2v) is 8.44. The minimum atomic E-state index is -3.83. The molecule has 4 rings (SSSR count). The molecular formula is C22H20N4O2S. The lowest BCUT2D eigenvalue weighted by molar-refractivity contribution is 0.597. The predicted octanol–water partition coefficient (Wildman–Crippen LogP) is 4.30. The largest absolute Gasteiger partial charge is 0.338 e. The van der Waals surface area contributed by atoms with Gasteiger partial charge in [-0.25, -0.2) is 13.6 Å². The first kappa shape index (κ1) is 19.0. The van der Waals surface area contributed by atoms with Gasteiger partial charge < -0.3 is 5.32 Å². The molecule has 146 valence electrons. The van der Waals surface area contributed by atoms with Crippen molar-refractivity contribution in [2.45, 2.75) is 18.7 Å². The molecule has 7 heteroatoms. The molecule has 0 aliphatic carbocycles. The fourth-order valence-electron chi connectivity index (χ4n) is 3.30. The van der Waals surface area contributed by atoms with Crippen molar-refractivity contribution in [2.75, 3.05) is 5.32 Å². The summed E-state index contributed by atoms with van der Waals surface area (Å²) >= 11 is 0. The Bertz CT molecular complexity index is 1330. The van der Waals surface area contributed by atoms with Crippen molar-refractivity contribution in [1.82, 2.24) is 10.2 Å². The van der Waals surface area contributed by atoms with Crippen LogP contribution in [0.15, 0.2) is 71.6 Å². The molecule has 4 aromatic rings. The Hall–Kier alpha value is -3.29. The molecule has 0 aliphatic heterocycles. The summed E-state index contributed by atoms with van der Waals surface area (Å²) < 4.78 is 23.8. The average molecular weight is 404 g/mol. The molecule has 0 aliphatic rings. The highest BCUT2D eigenvalue weighted by molar-refractivity contribution is 7.89. The lowest BCUT2D eigenvalue weighted by Gasteiger charge is -2.13. The highest BCUT2D eigenvalue weighted by atomic mass is 32.2. The van der Waals surface area contributed by atoms with E-state index in [0.29, 0.717) is 22.6 Å². The number of aromatic nitrogens is 2. The van der Waals surface area contributed by atoms with Crippen LogP contribution < -0.4 is 10.5 Å². The van der Waals surface area contributed by atoms with Crippen molar-refractivity contribution in [3.63, 3.8) is 0 Å². The van der Waals surface area contributed by atoms with Gasteiger partial charge in [0.1, 0.15) is 5.69 Å². The predicted molar refractivity (Wildman–Crippen MR) is 116 cm³/mol. The minimum absolute atomic E-state index is 0.0861. The van der Waals surface area contributed by atoms with Crippen molar-refractivity contribution in [3.05, 3.63) is 77.9 Å². The SMILES string of the molecule is Cc1ccccc1Nc1nnc(-c2ccc(C)c(S(N)(=O)=O)c2)c2ccccc12. The van der Waals surface area contributed by atoms with Gasteiger partial charge >= 0.3 is 0 Å². The normalized spacial score (nSPS) is 11.6. The number of aryl methyl sites for hydroxylation is 2. The average Bonchev–Trinajstić information content (AvgIpc) is 2.69. The molecule has 0 radical (unpaired) electrons. The van der Waals surface area contributed by atoms with Gasteiger partial charge in [0.15, 0.2) is 5.82 Å². The van der Waals surface area contributed by atoms with Gasteiger partial charge in [0.05, 0.1) is 4.90 Å². The first-order valence-corrected chi connectivity index (χ1v) is 10.6. The van der Waals surface area contributed by atoms with Gasteiger partial charge in [-0.05, 0) is 37.1 Å². The van der Waals surface area contributed by atoms with Gasteiger partial charge in [0.2, 0.25) is 10.0 Å². The van der Waals surface area contributed by atoms with Gasteiger partial charge in [-0.15, -0.1) is 10.2 Å². The smallest absolute Gasteiger partial charge is 0.238 e. The van der Waals surface area contributed by atoms with Crippen LogP contribution >= 0.6 is 0 Å². The molecule has 0 spiro atoms. The van der Waals surface area contributed by atoms with Gasteiger partial charge in [-0.3, -0.25) is 0 Å². The van der Waals surface area contributed by atoms with Gasteiger partial charge in [-0.2, -0.15) is 0 Å². The second-order valence-electron chi connectivity index (χ2n) is 6.91. The number of nitrogens with one attached hydrogen (secondary N) is 1. The van der Waals surface area contributed by atoms with Crippen LogP contribution in [-0.2, 0) is 10.0 Å². The number of primary sulfonamides is 1. The molecule has 0 bridgehead atoms. The molecule has 0 saturated heterocycles. The third-order valence-electron chi connectivity index (χ3n) is 4.85. The Morgan fingerprint density at radius 2 is 1.52 bits per heavy atom. The summed E-state index contributed by atoms with van der Waals surface area (Å²) in [6.07, 6.45) is 0. The Labute approximate surface area is 169 Å². The van der Waals surface area contributed by atoms with E-state index < -0.39 is 10.0 Å². The van der Waals surface area contributed by atoms with Crippen molar-refractivity contribution >= 4 is 32.3 Å². The third-order valence-corrected chi connectivity index (χ3v) is 5.91. The highest BCUT2D eigenvalue weighted by Gasteiger charge is 2.16. The summed E-state index contributed by atoms with van der Waals surface area (Å²) in [4.78, 5) is 0.0861. The monoisotopic (exact) mass is 404 g/mol. The summed E-state index contributed by atoms with van der Waals surface area (Å²) in [5.74, 6) is 0.637. The van der Waals surface area contributed by atoms with E-state index in [0.717, 1.165) is 22.0 Å². The van der Waals surface area contributed by atoms with Crippen LogP contribution in [0.1, 0.15) is 11.1 Å². The van der Waals surface area contributed by atoms with Gasteiger partial charge in [0.25, 0.3) is 0 Å². The van der Waals surface area contributed by atoms with E-state index in [1.165, 1.54) is 0 Å². The number of anilines is 2. The molecule has 0 saturated carbocycles. The standard InChI is InChI=1S/C22H20N4O2S/c1-14-7-3-6-10-19(14)24-22-18-9-5-4-8-17(18)21(25-26-22)16-12-11-15(2)20(13-16)29(23,27)28/h3-13H,1-2H3,(H,24,26)(H2,23,27,28). The van der Waals surface area contributed by atoms with Crippen molar-refractivity contribution in [1.29, 1.82) is 0 Å². The zero-order valence-corrected chi connectivity index (χ0v) is 16.9. The topological polar surface area (TPSA) is 98.0 Å². The van der Waals surface area contributed by atoms with Crippen LogP contribution in [0.4, 0.5) is 11.5 Å². The number of hydrogen-bond acceptors (Lipinski definition) is 5. The molecule has 0 amide bonds. The Morgan fingerprint density at radius 1 is 0.828 bits per heavy atom. The van der Waals surface area contributed by atoms with E-state index in [1.807, 2.05) is 61.5 Å². The number of rotatable bonds is 4. The fraction of sp³-hybridized carbons (Fsp3) is 0.0909. The summed E-state index contributed by atoms with van der Waals surface area (Å²) in [6, 6.07) is 20.8. The number of fused-ring (bicyclic) bond motifs is 1. The molecule has 3 aromatic carbocycles. The molecule has 29 heavy (non-hydrogen) atoms. The number of benzene rings is 3. The molecule has 0 fully saturated rings. The van der Waals surface area contributed by atoms with E-state index in [-0.39, 0.29) is 4.90 Å². The summed E-state index contributed by atoms with van der Waals surface area (Å²) in [5, 5.41) is 19.3. The summed E-state index contributed by atoms with van der Waals surface area (Å²) in [5.41, 5.74) is 3.88. The number of para-hydroxylation sites is 1. The Balaban J connectivity index is 1.88. The van der Waals surface area contributed by atoms with Crippen LogP contribution in [-0.4, -0.2) is 18.6 Å². The lowest BCUT2D eigenvalue weighted by atomic mass is 10.0. The Morgan fingerprint density at radius 3 is 2.24 bits per heavy atom. The lowest BCUT2D eigenvalue weighted by Crippen LogP contribution is -2.13. The number of hydrogen-bond donors (Lipinski definition) is 2. The van der Waals surface area contributed by atoms with Crippen molar-refractivity contribution in [2.24, 2.45) is 5.14 Å². The van der Waals surface area contributed by atoms with Crippen molar-refractivity contribution in [3.8, 4) is 11.3 Å². The molecular weight excluding hydrogens is 384 g/mol. The molecule has 6 nitrogen and oxygen atoms in total. The first-order valence-electron chi connectivity index (χ1n) is 9.06. The third kappa shape index (κ3) is 3.70. The van der Waals surface area contributed by atoms with Crippen LogP contribution in [0.3, 0.4) is 0 Å². The van der Waals surface area contributed by atoms with Crippen LogP contribution in [0, 0.1) is 13.8 Å². The van der Waals surface area contributed by atoms with Crippen LogP contribution in [0.25, 0.3) is 22.0 Å². The summed E-state index contributed by atoms with van der Waals surface area (Å²) in [6.45, 7) is 3.73. The maximum absolute atomic E-state index is 11.9. The number of sulfonamides is 1. The Kier molecular flexibility index (Phi) is 4.77. The maximum atomic E-state index is 11.9. The van der Waals surface area contributed by atoms with Crippen molar-refractivity contribution < 1.29 is 8.42 Å². The molecule has 3 N–H and O–H groups in total. The minimum Gasteiger partial charge on any atom is -0.338 e. The number of nitrogens with zero attached hydrogens (tertiary/aromatic N) is 2. The molecule has 1 heterocycles. The van der Waals surface area contributed by atoms with Gasteiger partial charge in [0, 0.05) is 22.0 Å². The highest BCUT2D eigenvalue weighted by Crippen LogP contribution is 2.32. The van der Waals surface area contributed by atoms with E-state index in [1.54, 1.807) is 19.1 Å². The molecule has 0 unspecified atom stereocenters. The number of nitrogens with two attached hydrogens (primary N) is 1. The van der Waals surface area contributed by atoms with Gasteiger partial charge in [-0.1, -0.05) is 54.6 Å². The van der Waals surface area contributed by atoms with Crippen LogP contribution in [0.2, 0.25) is 0 Å². The first-order chi connectivity index (χ1) is 13.8. The molecule has 0 atom stereocenters. The zero-order chi connectivity index (χ0) is 20.6. The van der Waals surface area contributed by atoms with E-state index in [4.69, 9.17) is 5.14 Å². The fourth-order valence-corrected chi connectivity index (χ4v) is 4.11. The zero-order valence-electron chi connectivity index (χ0n) is 16.0. The molecule has 1 aromatic heterocycles.